The molecule has 0 aliphatic heterocycles. The van der Waals surface area contributed by atoms with Gasteiger partial charge in [-0.3, -0.25) is 4.79 Å². The van der Waals surface area contributed by atoms with Crippen molar-refractivity contribution in [2.45, 2.75) is 44.9 Å². The third kappa shape index (κ3) is 2.47. The summed E-state index contributed by atoms with van der Waals surface area (Å²) in [7, 11) is 0. The molecule has 1 N–H and O–H groups in total. The minimum Gasteiger partial charge on any atom is -0.481 e. The van der Waals surface area contributed by atoms with Crippen LogP contribution >= 0.6 is 0 Å². The van der Waals surface area contributed by atoms with Gasteiger partial charge in [0.25, 0.3) is 0 Å². The van der Waals surface area contributed by atoms with Crippen LogP contribution in [0, 0.1) is 23.7 Å². The lowest BCUT2D eigenvalue weighted by atomic mass is 9.64. The van der Waals surface area contributed by atoms with Crippen molar-refractivity contribution in [2.75, 3.05) is 0 Å². The van der Waals surface area contributed by atoms with Crippen molar-refractivity contribution in [1.82, 2.24) is 0 Å². The van der Waals surface area contributed by atoms with Crippen molar-refractivity contribution in [1.29, 1.82) is 0 Å². The standard InChI is InChI=1S/C14H22O2/c1-2-3-10-4-5-12-9-13(14(15)16)7-6-11(12)8-10/h2,10-13H,1,3-9H2,(H,15,16). The predicted octanol–water partition coefficient (Wildman–Crippen LogP) is 3.48. The molecule has 4 unspecified atom stereocenters. The topological polar surface area (TPSA) is 37.3 Å². The number of hydrogen-bond acceptors (Lipinski definition) is 1. The fraction of sp³-hybridized carbons (Fsp3) is 0.786. The van der Waals surface area contributed by atoms with E-state index in [4.69, 9.17) is 5.11 Å². The summed E-state index contributed by atoms with van der Waals surface area (Å²) < 4.78 is 0. The molecule has 4 atom stereocenters. The second kappa shape index (κ2) is 5.03. The molecule has 90 valence electrons. The highest BCUT2D eigenvalue weighted by molar-refractivity contribution is 5.70. The molecule has 0 aromatic heterocycles. The predicted molar refractivity (Wildman–Crippen MR) is 64.1 cm³/mol. The van der Waals surface area contributed by atoms with Crippen LogP contribution in [0.2, 0.25) is 0 Å². The summed E-state index contributed by atoms with van der Waals surface area (Å²) in [6.45, 7) is 3.82. The van der Waals surface area contributed by atoms with Gasteiger partial charge in [0.1, 0.15) is 0 Å². The minimum absolute atomic E-state index is 0.0581. The van der Waals surface area contributed by atoms with Crippen LogP contribution < -0.4 is 0 Å². The number of carboxylic acid groups (broad SMARTS) is 1. The van der Waals surface area contributed by atoms with Crippen LogP contribution in [0.4, 0.5) is 0 Å². The van der Waals surface area contributed by atoms with E-state index in [1.165, 1.54) is 19.3 Å². The van der Waals surface area contributed by atoms with Gasteiger partial charge in [-0.1, -0.05) is 6.08 Å². The smallest absolute Gasteiger partial charge is 0.306 e. The monoisotopic (exact) mass is 222 g/mol. The summed E-state index contributed by atoms with van der Waals surface area (Å²) in [5.74, 6) is 1.68. The highest BCUT2D eigenvalue weighted by Crippen LogP contribution is 2.45. The second-order valence-electron chi connectivity index (χ2n) is 5.57. The van der Waals surface area contributed by atoms with E-state index < -0.39 is 5.97 Å². The fourth-order valence-electron chi connectivity index (χ4n) is 3.66. The van der Waals surface area contributed by atoms with E-state index in [1.54, 1.807) is 0 Å². The number of fused-ring (bicyclic) bond motifs is 1. The zero-order valence-corrected chi connectivity index (χ0v) is 9.90. The van der Waals surface area contributed by atoms with E-state index in [0.29, 0.717) is 5.92 Å². The third-order valence-corrected chi connectivity index (χ3v) is 4.57. The van der Waals surface area contributed by atoms with Crippen LogP contribution in [0.15, 0.2) is 12.7 Å². The van der Waals surface area contributed by atoms with Gasteiger partial charge in [-0.2, -0.15) is 0 Å². The van der Waals surface area contributed by atoms with E-state index in [-0.39, 0.29) is 5.92 Å². The number of allylic oxidation sites excluding steroid dienone is 1. The lowest BCUT2D eigenvalue weighted by molar-refractivity contribution is -0.144. The molecule has 0 amide bonds. The third-order valence-electron chi connectivity index (χ3n) is 4.57. The molecular weight excluding hydrogens is 200 g/mol. The molecule has 0 heterocycles. The van der Waals surface area contributed by atoms with Crippen molar-refractivity contribution in [3.8, 4) is 0 Å². The number of hydrogen-bond donors (Lipinski definition) is 1. The van der Waals surface area contributed by atoms with Gasteiger partial charge in [-0.25, -0.2) is 0 Å². The summed E-state index contributed by atoms with van der Waals surface area (Å²) in [6.07, 6.45) is 9.97. The van der Waals surface area contributed by atoms with E-state index >= 15 is 0 Å². The normalized spacial score (nSPS) is 38.8. The molecule has 0 bridgehead atoms. The first-order valence-electron chi connectivity index (χ1n) is 6.54. The Kier molecular flexibility index (Phi) is 3.67. The Morgan fingerprint density at radius 3 is 2.56 bits per heavy atom. The summed E-state index contributed by atoms with van der Waals surface area (Å²) >= 11 is 0. The number of rotatable bonds is 3. The van der Waals surface area contributed by atoms with E-state index in [0.717, 1.165) is 37.5 Å². The van der Waals surface area contributed by atoms with Crippen molar-refractivity contribution < 1.29 is 9.90 Å². The first kappa shape index (κ1) is 11.7. The summed E-state index contributed by atoms with van der Waals surface area (Å²) in [5, 5.41) is 9.05. The molecule has 2 saturated carbocycles. The Bertz CT molecular complexity index is 272. The molecule has 0 aromatic rings. The molecule has 2 rings (SSSR count). The maximum absolute atomic E-state index is 11.0. The van der Waals surface area contributed by atoms with Crippen LogP contribution in [0.3, 0.4) is 0 Å². The van der Waals surface area contributed by atoms with Crippen LogP contribution in [0.1, 0.15) is 44.9 Å². The highest BCUT2D eigenvalue weighted by atomic mass is 16.4. The molecule has 0 spiro atoms. The van der Waals surface area contributed by atoms with Gasteiger partial charge in [-0.05, 0) is 62.7 Å². The van der Waals surface area contributed by atoms with Crippen molar-refractivity contribution in [3.63, 3.8) is 0 Å². The SMILES string of the molecule is C=CCC1CCC2CC(C(=O)O)CCC2C1. The Morgan fingerprint density at radius 1 is 1.19 bits per heavy atom. The minimum atomic E-state index is -0.577. The van der Waals surface area contributed by atoms with Crippen LogP contribution in [-0.4, -0.2) is 11.1 Å². The molecule has 0 radical (unpaired) electrons. The lowest BCUT2D eigenvalue weighted by Crippen LogP contribution is -2.33. The fourth-order valence-corrected chi connectivity index (χ4v) is 3.66. The summed E-state index contributed by atoms with van der Waals surface area (Å²) in [6, 6.07) is 0. The van der Waals surface area contributed by atoms with Crippen molar-refractivity contribution >= 4 is 5.97 Å². The van der Waals surface area contributed by atoms with Crippen LogP contribution in [0.25, 0.3) is 0 Å². The molecule has 0 aromatic carbocycles. The van der Waals surface area contributed by atoms with Gasteiger partial charge in [0.05, 0.1) is 5.92 Å². The van der Waals surface area contributed by atoms with Gasteiger partial charge in [0.15, 0.2) is 0 Å². The quantitative estimate of drug-likeness (QED) is 0.742. The molecule has 16 heavy (non-hydrogen) atoms. The Morgan fingerprint density at radius 2 is 1.88 bits per heavy atom. The number of aliphatic carboxylic acids is 1. The lowest BCUT2D eigenvalue weighted by Gasteiger charge is -2.41. The van der Waals surface area contributed by atoms with Crippen molar-refractivity contribution in [2.24, 2.45) is 23.7 Å². The highest BCUT2D eigenvalue weighted by Gasteiger charge is 2.37. The van der Waals surface area contributed by atoms with Gasteiger partial charge >= 0.3 is 5.97 Å². The summed E-state index contributed by atoms with van der Waals surface area (Å²) in [4.78, 5) is 11.0. The largest absolute Gasteiger partial charge is 0.481 e. The molecule has 2 heteroatoms. The van der Waals surface area contributed by atoms with Gasteiger partial charge in [0, 0.05) is 0 Å². The Balaban J connectivity index is 1.89. The molecule has 2 fully saturated rings. The molecular formula is C14H22O2. The number of carboxylic acids is 1. The van der Waals surface area contributed by atoms with E-state index in [1.807, 2.05) is 6.08 Å². The van der Waals surface area contributed by atoms with E-state index in [2.05, 4.69) is 6.58 Å². The zero-order chi connectivity index (χ0) is 11.5. The van der Waals surface area contributed by atoms with Crippen LogP contribution in [0.5, 0.6) is 0 Å². The molecule has 2 aliphatic rings. The van der Waals surface area contributed by atoms with Gasteiger partial charge < -0.3 is 5.11 Å². The van der Waals surface area contributed by atoms with Gasteiger partial charge in [0.2, 0.25) is 0 Å². The first-order valence-corrected chi connectivity index (χ1v) is 6.54. The second-order valence-corrected chi connectivity index (χ2v) is 5.57. The van der Waals surface area contributed by atoms with E-state index in [9.17, 15) is 4.79 Å². The van der Waals surface area contributed by atoms with Crippen molar-refractivity contribution in [3.05, 3.63) is 12.7 Å². The summed E-state index contributed by atoms with van der Waals surface area (Å²) in [5.41, 5.74) is 0. The first-order chi connectivity index (χ1) is 7.70. The Hall–Kier alpha value is -0.790. The number of carbonyl (C=O) groups is 1. The molecule has 2 aliphatic carbocycles. The zero-order valence-electron chi connectivity index (χ0n) is 9.90. The van der Waals surface area contributed by atoms with Crippen LogP contribution in [-0.2, 0) is 4.79 Å². The average molecular weight is 222 g/mol. The van der Waals surface area contributed by atoms with Gasteiger partial charge in [-0.15, -0.1) is 6.58 Å². The maximum Gasteiger partial charge on any atom is 0.306 e. The maximum atomic E-state index is 11.0. The molecule has 0 saturated heterocycles. The molecule has 2 nitrogen and oxygen atoms in total. The average Bonchev–Trinajstić information content (AvgIpc) is 2.28. The Labute approximate surface area is 97.7 Å².